The van der Waals surface area contributed by atoms with Gasteiger partial charge in [-0.1, -0.05) is 57.9 Å². The topological polar surface area (TPSA) is 38.0 Å². The minimum atomic E-state index is 0.139. The number of nitrogens with one attached hydrogen (secondary N) is 1. The molecule has 0 aliphatic carbocycles. The van der Waals surface area contributed by atoms with Crippen molar-refractivity contribution < 1.29 is 0 Å². The summed E-state index contributed by atoms with van der Waals surface area (Å²) in [5.41, 5.74) is 6.62. The van der Waals surface area contributed by atoms with E-state index < -0.39 is 0 Å². The molecule has 18 heavy (non-hydrogen) atoms. The molecule has 94 valence electrons. The Morgan fingerprint density at radius 1 is 1.17 bits per heavy atom. The Bertz CT molecular complexity index is 508. The largest absolute Gasteiger partial charge is 0.271 e. The first-order valence-electron chi connectivity index (χ1n) is 5.96. The van der Waals surface area contributed by atoms with Crippen LogP contribution in [0.2, 0.25) is 0 Å². The monoisotopic (exact) mass is 304 g/mol. The van der Waals surface area contributed by atoms with Gasteiger partial charge in [0.25, 0.3) is 0 Å². The molecule has 0 amide bonds. The number of halogens is 1. The standard InChI is InChI=1S/C15H17BrN2/c1-11-5-7-13(8-6-11)15(18-17)10-12-3-2-4-14(16)9-12/h2-9,15,18H,10,17H2,1H3. The lowest BCUT2D eigenvalue weighted by molar-refractivity contribution is 0.552. The fourth-order valence-corrected chi connectivity index (χ4v) is 2.42. The van der Waals surface area contributed by atoms with Gasteiger partial charge < -0.3 is 0 Å². The highest BCUT2D eigenvalue weighted by atomic mass is 79.9. The molecule has 0 saturated carbocycles. The second kappa shape index (κ2) is 6.14. The summed E-state index contributed by atoms with van der Waals surface area (Å²) in [5.74, 6) is 5.67. The molecule has 0 spiro atoms. The highest BCUT2D eigenvalue weighted by molar-refractivity contribution is 9.10. The Morgan fingerprint density at radius 3 is 2.50 bits per heavy atom. The van der Waals surface area contributed by atoms with Crippen LogP contribution in [0.4, 0.5) is 0 Å². The molecule has 0 bridgehead atoms. The zero-order chi connectivity index (χ0) is 13.0. The van der Waals surface area contributed by atoms with Gasteiger partial charge in [-0.05, 0) is 36.6 Å². The quantitative estimate of drug-likeness (QED) is 0.670. The predicted molar refractivity (Wildman–Crippen MR) is 79.1 cm³/mol. The van der Waals surface area contributed by atoms with Gasteiger partial charge in [-0.15, -0.1) is 0 Å². The molecule has 0 aliphatic heterocycles. The van der Waals surface area contributed by atoms with Gasteiger partial charge in [0, 0.05) is 10.5 Å². The Hall–Kier alpha value is -1.16. The van der Waals surface area contributed by atoms with Gasteiger partial charge in [-0.3, -0.25) is 11.3 Å². The molecule has 1 atom stereocenters. The molecule has 1 unspecified atom stereocenters. The highest BCUT2D eigenvalue weighted by Gasteiger charge is 2.10. The molecule has 0 aliphatic rings. The molecule has 0 radical (unpaired) electrons. The van der Waals surface area contributed by atoms with E-state index >= 15 is 0 Å². The SMILES string of the molecule is Cc1ccc(C(Cc2cccc(Br)c2)NN)cc1. The molecule has 2 aromatic carbocycles. The van der Waals surface area contributed by atoms with Crippen LogP contribution in [0.3, 0.4) is 0 Å². The first-order valence-corrected chi connectivity index (χ1v) is 6.75. The van der Waals surface area contributed by atoms with Crippen LogP contribution in [-0.4, -0.2) is 0 Å². The number of hydrogen-bond acceptors (Lipinski definition) is 2. The Balaban J connectivity index is 2.17. The van der Waals surface area contributed by atoms with Crippen LogP contribution in [0.1, 0.15) is 22.7 Å². The van der Waals surface area contributed by atoms with E-state index in [0.717, 1.165) is 10.9 Å². The molecule has 2 rings (SSSR count). The summed E-state index contributed by atoms with van der Waals surface area (Å²) in [6.07, 6.45) is 0.874. The molecule has 0 saturated heterocycles. The van der Waals surface area contributed by atoms with E-state index in [2.05, 4.69) is 64.7 Å². The minimum absolute atomic E-state index is 0.139. The van der Waals surface area contributed by atoms with E-state index in [1.54, 1.807) is 0 Å². The Labute approximate surface area is 116 Å². The fraction of sp³-hybridized carbons (Fsp3) is 0.200. The predicted octanol–water partition coefficient (Wildman–Crippen LogP) is 3.50. The first-order chi connectivity index (χ1) is 8.69. The number of aryl methyl sites for hydroxylation is 1. The van der Waals surface area contributed by atoms with Gasteiger partial charge in [0.05, 0.1) is 0 Å². The average Bonchev–Trinajstić information content (AvgIpc) is 2.37. The lowest BCUT2D eigenvalue weighted by Crippen LogP contribution is -2.29. The smallest absolute Gasteiger partial charge is 0.0500 e. The van der Waals surface area contributed by atoms with Crippen molar-refractivity contribution in [3.63, 3.8) is 0 Å². The van der Waals surface area contributed by atoms with Gasteiger partial charge in [0.1, 0.15) is 0 Å². The van der Waals surface area contributed by atoms with Crippen molar-refractivity contribution in [3.8, 4) is 0 Å². The lowest BCUT2D eigenvalue weighted by Gasteiger charge is -2.16. The zero-order valence-electron chi connectivity index (χ0n) is 10.4. The second-order valence-electron chi connectivity index (χ2n) is 4.46. The van der Waals surface area contributed by atoms with E-state index in [1.807, 2.05) is 12.1 Å². The summed E-state index contributed by atoms with van der Waals surface area (Å²) >= 11 is 3.49. The third-order valence-corrected chi connectivity index (χ3v) is 3.50. The summed E-state index contributed by atoms with van der Waals surface area (Å²) in [6.45, 7) is 2.09. The Kier molecular flexibility index (Phi) is 4.53. The van der Waals surface area contributed by atoms with Gasteiger partial charge >= 0.3 is 0 Å². The maximum absolute atomic E-state index is 5.67. The first kappa shape index (κ1) is 13.3. The maximum atomic E-state index is 5.67. The summed E-state index contributed by atoms with van der Waals surface area (Å²) in [4.78, 5) is 0. The normalized spacial score (nSPS) is 12.4. The van der Waals surface area contributed by atoms with E-state index in [1.165, 1.54) is 16.7 Å². The zero-order valence-corrected chi connectivity index (χ0v) is 11.9. The fourth-order valence-electron chi connectivity index (χ4n) is 1.97. The van der Waals surface area contributed by atoms with Crippen LogP contribution in [0.5, 0.6) is 0 Å². The summed E-state index contributed by atoms with van der Waals surface area (Å²) < 4.78 is 1.10. The molecule has 2 aromatic rings. The van der Waals surface area contributed by atoms with Crippen molar-refractivity contribution >= 4 is 15.9 Å². The number of hydrazine groups is 1. The van der Waals surface area contributed by atoms with Gasteiger partial charge in [0.2, 0.25) is 0 Å². The molecule has 0 fully saturated rings. The summed E-state index contributed by atoms with van der Waals surface area (Å²) in [7, 11) is 0. The summed E-state index contributed by atoms with van der Waals surface area (Å²) in [6, 6.07) is 16.9. The van der Waals surface area contributed by atoms with Gasteiger partial charge in [0.15, 0.2) is 0 Å². The van der Waals surface area contributed by atoms with Crippen molar-refractivity contribution in [1.29, 1.82) is 0 Å². The number of nitrogens with two attached hydrogens (primary N) is 1. The van der Waals surface area contributed by atoms with Crippen molar-refractivity contribution in [3.05, 3.63) is 69.7 Å². The molecule has 0 aromatic heterocycles. The van der Waals surface area contributed by atoms with Crippen LogP contribution < -0.4 is 11.3 Å². The van der Waals surface area contributed by atoms with E-state index in [-0.39, 0.29) is 6.04 Å². The molecular weight excluding hydrogens is 288 g/mol. The molecule has 3 N–H and O–H groups in total. The van der Waals surface area contributed by atoms with E-state index in [9.17, 15) is 0 Å². The highest BCUT2D eigenvalue weighted by Crippen LogP contribution is 2.20. The van der Waals surface area contributed by atoms with Crippen LogP contribution >= 0.6 is 15.9 Å². The third kappa shape index (κ3) is 3.42. The van der Waals surface area contributed by atoms with Crippen molar-refractivity contribution in [2.45, 2.75) is 19.4 Å². The molecular formula is C15H17BrN2. The van der Waals surface area contributed by atoms with Crippen molar-refractivity contribution in [2.75, 3.05) is 0 Å². The maximum Gasteiger partial charge on any atom is 0.0500 e. The number of rotatable bonds is 4. The van der Waals surface area contributed by atoms with Crippen molar-refractivity contribution in [1.82, 2.24) is 5.43 Å². The molecule has 2 nitrogen and oxygen atoms in total. The number of hydrogen-bond donors (Lipinski definition) is 2. The van der Waals surface area contributed by atoms with Crippen molar-refractivity contribution in [2.24, 2.45) is 5.84 Å². The minimum Gasteiger partial charge on any atom is -0.271 e. The van der Waals surface area contributed by atoms with Gasteiger partial charge in [-0.25, -0.2) is 0 Å². The van der Waals surface area contributed by atoms with Crippen LogP contribution in [0.25, 0.3) is 0 Å². The number of benzene rings is 2. The molecule has 3 heteroatoms. The van der Waals surface area contributed by atoms with Crippen LogP contribution in [0.15, 0.2) is 53.0 Å². The third-order valence-electron chi connectivity index (χ3n) is 3.01. The second-order valence-corrected chi connectivity index (χ2v) is 5.38. The van der Waals surface area contributed by atoms with E-state index in [0.29, 0.717) is 0 Å². The average molecular weight is 305 g/mol. The van der Waals surface area contributed by atoms with Crippen LogP contribution in [0, 0.1) is 6.92 Å². The lowest BCUT2D eigenvalue weighted by atomic mass is 9.99. The Morgan fingerprint density at radius 2 is 1.89 bits per heavy atom. The van der Waals surface area contributed by atoms with Crippen LogP contribution in [-0.2, 0) is 6.42 Å². The van der Waals surface area contributed by atoms with Gasteiger partial charge in [-0.2, -0.15) is 0 Å². The molecule has 0 heterocycles. The summed E-state index contributed by atoms with van der Waals surface area (Å²) in [5, 5.41) is 0. The van der Waals surface area contributed by atoms with E-state index in [4.69, 9.17) is 5.84 Å².